The summed E-state index contributed by atoms with van der Waals surface area (Å²) in [7, 11) is 0. The Bertz CT molecular complexity index is 133. The molecule has 0 saturated carbocycles. The minimum Gasteiger partial charge on any atom is -0.394 e. The van der Waals surface area contributed by atoms with Gasteiger partial charge in [-0.1, -0.05) is 27.7 Å². The Hall–Kier alpha value is -0.200. The molecule has 5 nitrogen and oxygen atoms in total. The molecule has 1 heterocycles. The van der Waals surface area contributed by atoms with E-state index in [1.54, 1.807) is 0 Å². The Labute approximate surface area is 91.9 Å². The monoisotopic (exact) mass is 223 g/mol. The van der Waals surface area contributed by atoms with Gasteiger partial charge in [0.25, 0.3) is 0 Å². The van der Waals surface area contributed by atoms with E-state index in [0.29, 0.717) is 0 Å². The van der Waals surface area contributed by atoms with E-state index in [2.05, 4.69) is 0 Å². The summed E-state index contributed by atoms with van der Waals surface area (Å²) in [6.45, 7) is 7.87. The second-order valence-corrected chi connectivity index (χ2v) is 2.70. The molecule has 1 aliphatic heterocycles. The zero-order chi connectivity index (χ0) is 12.4. The van der Waals surface area contributed by atoms with Gasteiger partial charge in [0.1, 0.15) is 12.2 Å². The molecule has 0 amide bonds. The fourth-order valence-electron chi connectivity index (χ4n) is 1.07. The third-order valence-electron chi connectivity index (χ3n) is 1.85. The van der Waals surface area contributed by atoms with Gasteiger partial charge in [0.15, 0.2) is 0 Å². The van der Waals surface area contributed by atoms with Crippen LogP contribution < -0.4 is 5.73 Å². The molecular formula is C10H25NO4. The first-order chi connectivity index (χ1) is 7.16. The van der Waals surface area contributed by atoms with Gasteiger partial charge in [0.05, 0.1) is 25.4 Å². The van der Waals surface area contributed by atoms with Crippen molar-refractivity contribution in [1.29, 1.82) is 0 Å². The molecule has 0 spiro atoms. The van der Waals surface area contributed by atoms with Gasteiger partial charge in [0.2, 0.25) is 0 Å². The average Bonchev–Trinajstić information content (AvgIpc) is 2.32. The predicted octanol–water partition coefficient (Wildman–Crippen LogP) is -0.521. The fraction of sp³-hybridized carbons (Fsp3) is 1.00. The molecule has 0 aromatic carbocycles. The lowest BCUT2D eigenvalue weighted by molar-refractivity contribution is -0.156. The van der Waals surface area contributed by atoms with Crippen molar-refractivity contribution in [2.45, 2.75) is 52.0 Å². The lowest BCUT2D eigenvalue weighted by atomic mass is 9.99. The van der Waals surface area contributed by atoms with Gasteiger partial charge in [-0.15, -0.1) is 0 Å². The first kappa shape index (κ1) is 17.2. The van der Waals surface area contributed by atoms with Crippen molar-refractivity contribution in [3.05, 3.63) is 0 Å². The van der Waals surface area contributed by atoms with Crippen molar-refractivity contribution in [3.63, 3.8) is 0 Å². The summed E-state index contributed by atoms with van der Waals surface area (Å²) >= 11 is 0. The molecule has 5 N–H and O–H groups in total. The Morgan fingerprint density at radius 1 is 1.13 bits per heavy atom. The zero-order valence-corrected chi connectivity index (χ0v) is 10.1. The van der Waals surface area contributed by atoms with Crippen LogP contribution in [0.25, 0.3) is 0 Å². The molecule has 1 fully saturated rings. The van der Waals surface area contributed by atoms with Gasteiger partial charge >= 0.3 is 0 Å². The highest BCUT2D eigenvalue weighted by Gasteiger charge is 2.35. The van der Waals surface area contributed by atoms with E-state index in [4.69, 9.17) is 15.6 Å². The largest absolute Gasteiger partial charge is 0.394 e. The summed E-state index contributed by atoms with van der Waals surface area (Å²) < 4.78 is 4.94. The van der Waals surface area contributed by atoms with Crippen LogP contribution in [0.5, 0.6) is 0 Å². The summed E-state index contributed by atoms with van der Waals surface area (Å²) in [5.41, 5.74) is 5.37. The first-order valence-electron chi connectivity index (χ1n) is 5.51. The van der Waals surface area contributed by atoms with Gasteiger partial charge in [-0.3, -0.25) is 0 Å². The highest BCUT2D eigenvalue weighted by molar-refractivity contribution is 4.88. The number of aliphatic hydroxyl groups excluding tert-OH is 3. The molecule has 1 saturated heterocycles. The normalized spacial score (nSPS) is 34.4. The number of hydrogen-bond donors (Lipinski definition) is 4. The summed E-state index contributed by atoms with van der Waals surface area (Å²) in [6.07, 6.45) is -2.78. The zero-order valence-electron chi connectivity index (χ0n) is 10.1. The maximum atomic E-state index is 9.19. The average molecular weight is 223 g/mol. The molecule has 1 unspecified atom stereocenters. The van der Waals surface area contributed by atoms with Gasteiger partial charge in [-0.2, -0.15) is 0 Å². The van der Waals surface area contributed by atoms with E-state index in [9.17, 15) is 10.2 Å². The topological polar surface area (TPSA) is 95.9 Å². The summed E-state index contributed by atoms with van der Waals surface area (Å²) in [6, 6.07) is -0.562. The van der Waals surface area contributed by atoms with Crippen LogP contribution in [-0.2, 0) is 4.74 Å². The van der Waals surface area contributed by atoms with Crippen LogP contribution in [0.3, 0.4) is 0 Å². The van der Waals surface area contributed by atoms with Crippen molar-refractivity contribution in [1.82, 2.24) is 0 Å². The molecule has 0 aromatic heterocycles. The number of hydrogen-bond acceptors (Lipinski definition) is 5. The fourth-order valence-corrected chi connectivity index (χ4v) is 1.07. The van der Waals surface area contributed by atoms with Crippen LogP contribution in [0.15, 0.2) is 0 Å². The highest BCUT2D eigenvalue weighted by Crippen LogP contribution is 2.13. The molecule has 15 heavy (non-hydrogen) atoms. The van der Waals surface area contributed by atoms with Gasteiger partial charge in [-0.25, -0.2) is 0 Å². The van der Waals surface area contributed by atoms with Crippen molar-refractivity contribution >= 4 is 0 Å². The number of aliphatic hydroxyl groups is 3. The third kappa shape index (κ3) is 5.44. The Morgan fingerprint density at radius 2 is 1.60 bits per heavy atom. The molecule has 1 aliphatic rings. The summed E-state index contributed by atoms with van der Waals surface area (Å²) in [5.74, 6) is 0. The predicted molar refractivity (Wildman–Crippen MR) is 59.5 cm³/mol. The molecule has 0 radical (unpaired) electrons. The minimum atomic E-state index is -1.08. The van der Waals surface area contributed by atoms with E-state index in [-0.39, 0.29) is 13.2 Å². The van der Waals surface area contributed by atoms with Crippen LogP contribution in [0.4, 0.5) is 0 Å². The third-order valence-corrected chi connectivity index (χ3v) is 1.85. The quantitative estimate of drug-likeness (QED) is 0.480. The molecule has 94 valence electrons. The van der Waals surface area contributed by atoms with Crippen LogP contribution in [0, 0.1) is 0 Å². The van der Waals surface area contributed by atoms with Gasteiger partial charge in [-0.05, 0) is 0 Å². The van der Waals surface area contributed by atoms with E-state index in [1.165, 1.54) is 0 Å². The van der Waals surface area contributed by atoms with Crippen molar-refractivity contribution in [2.24, 2.45) is 5.73 Å². The maximum absolute atomic E-state index is 9.19. The lowest BCUT2D eigenvalue weighted by Gasteiger charge is -2.34. The molecule has 1 rings (SSSR count). The maximum Gasteiger partial charge on any atom is 0.110 e. The highest BCUT2D eigenvalue weighted by atomic mass is 16.5. The summed E-state index contributed by atoms with van der Waals surface area (Å²) in [4.78, 5) is 0. The van der Waals surface area contributed by atoms with Gasteiger partial charge < -0.3 is 25.8 Å². The smallest absolute Gasteiger partial charge is 0.110 e. The minimum absolute atomic E-state index is 0.170. The summed E-state index contributed by atoms with van der Waals surface area (Å²) in [5, 5.41) is 27.0. The van der Waals surface area contributed by atoms with E-state index >= 15 is 0 Å². The molecule has 4 atom stereocenters. The van der Waals surface area contributed by atoms with Crippen molar-refractivity contribution in [2.75, 3.05) is 13.2 Å². The van der Waals surface area contributed by atoms with E-state index in [0.717, 1.165) is 0 Å². The van der Waals surface area contributed by atoms with Crippen molar-refractivity contribution < 1.29 is 20.1 Å². The van der Waals surface area contributed by atoms with E-state index in [1.807, 2.05) is 27.7 Å². The molecular weight excluding hydrogens is 198 g/mol. The Balaban J connectivity index is 0. The molecule has 0 bridgehead atoms. The number of nitrogens with two attached hydrogens (primary N) is 1. The lowest BCUT2D eigenvalue weighted by Crippen LogP contribution is -2.57. The first-order valence-corrected chi connectivity index (χ1v) is 5.51. The molecule has 0 aliphatic carbocycles. The van der Waals surface area contributed by atoms with Crippen LogP contribution >= 0.6 is 0 Å². The van der Waals surface area contributed by atoms with Crippen LogP contribution in [-0.4, -0.2) is 52.9 Å². The number of ether oxygens (including phenoxy) is 1. The van der Waals surface area contributed by atoms with E-state index < -0.39 is 24.4 Å². The van der Waals surface area contributed by atoms with Crippen LogP contribution in [0.2, 0.25) is 0 Å². The van der Waals surface area contributed by atoms with Crippen molar-refractivity contribution in [3.8, 4) is 0 Å². The molecule has 0 aromatic rings. The van der Waals surface area contributed by atoms with Gasteiger partial charge in [0, 0.05) is 0 Å². The SMILES string of the molecule is CC.CC.NC1CO[C@H](CO)[C@H](O)[C@@H]1O. The van der Waals surface area contributed by atoms with Crippen LogP contribution in [0.1, 0.15) is 27.7 Å². The number of rotatable bonds is 1. The standard InChI is InChI=1S/C6H13NO4.2C2H6/c7-3-2-11-4(1-8)6(10)5(3)9;2*1-2/h3-6,8-10H,1-2,7H2;2*1-2H3/t3?,4-,5-,6+;;/m1../s1. The second kappa shape index (κ2) is 10.3. The molecule has 5 heteroatoms. The Morgan fingerprint density at radius 3 is 2.00 bits per heavy atom. The Kier molecular flexibility index (Phi) is 11.8. The second-order valence-electron chi connectivity index (χ2n) is 2.70.